The fourth-order valence-corrected chi connectivity index (χ4v) is 3.70. The first-order valence-corrected chi connectivity index (χ1v) is 10.5. The lowest BCUT2D eigenvalue weighted by Crippen LogP contribution is -2.49. The lowest BCUT2D eigenvalue weighted by atomic mass is 9.98. The van der Waals surface area contributed by atoms with Crippen molar-refractivity contribution in [3.8, 4) is 16.9 Å². The molecule has 0 unspecified atom stereocenters. The fourth-order valence-electron chi connectivity index (χ4n) is 3.70. The number of ether oxygens (including phenoxy) is 2. The number of hydrogen-bond acceptors (Lipinski definition) is 7. The maximum absolute atomic E-state index is 11.6. The second kappa shape index (κ2) is 10.9. The largest absolute Gasteiger partial charge is 0.492 e. The van der Waals surface area contributed by atoms with Gasteiger partial charge in [-0.2, -0.15) is 0 Å². The molecule has 0 saturated carbocycles. The Morgan fingerprint density at radius 3 is 2.48 bits per heavy atom. The molecule has 1 aliphatic heterocycles. The van der Waals surface area contributed by atoms with Gasteiger partial charge in [-0.05, 0) is 37.1 Å². The Morgan fingerprint density at radius 2 is 1.77 bits per heavy atom. The third-order valence-electron chi connectivity index (χ3n) is 5.37. The molecule has 0 spiro atoms. The number of pyridine rings is 1. The summed E-state index contributed by atoms with van der Waals surface area (Å²) in [5.41, 5.74) is 2.30. The van der Waals surface area contributed by atoms with Gasteiger partial charge in [-0.1, -0.05) is 18.2 Å². The molecule has 2 aromatic rings. The van der Waals surface area contributed by atoms with Crippen LogP contribution in [-0.4, -0.2) is 84.3 Å². The standard InChI is InChI=1S/C23H29N3O5/c1-3-30-21(27)16-26-12-10-25(11-13-26)14-15-31-20-8-4-6-18(17(20)2)19-7-5-9-24-22(19)23(28)29/h4-9H,3,10-16H2,1-2H3,(H,28,29). The van der Waals surface area contributed by atoms with Gasteiger partial charge in [0.05, 0.1) is 13.2 Å². The first kappa shape index (κ1) is 22.7. The van der Waals surface area contributed by atoms with E-state index in [-0.39, 0.29) is 11.7 Å². The van der Waals surface area contributed by atoms with Crippen molar-refractivity contribution < 1.29 is 24.2 Å². The summed E-state index contributed by atoms with van der Waals surface area (Å²) in [5, 5.41) is 9.44. The van der Waals surface area contributed by atoms with Crippen LogP contribution in [0.4, 0.5) is 0 Å². The van der Waals surface area contributed by atoms with E-state index in [9.17, 15) is 14.7 Å². The monoisotopic (exact) mass is 427 g/mol. The van der Waals surface area contributed by atoms with E-state index in [1.54, 1.807) is 12.1 Å². The molecule has 1 N–H and O–H groups in total. The van der Waals surface area contributed by atoms with Crippen LogP contribution < -0.4 is 4.74 Å². The minimum absolute atomic E-state index is 0.0310. The van der Waals surface area contributed by atoms with Crippen LogP contribution in [0, 0.1) is 6.92 Å². The maximum atomic E-state index is 11.6. The summed E-state index contributed by atoms with van der Waals surface area (Å²) >= 11 is 0. The van der Waals surface area contributed by atoms with Gasteiger partial charge in [0.1, 0.15) is 12.4 Å². The fraction of sp³-hybridized carbons (Fsp3) is 0.435. The van der Waals surface area contributed by atoms with Crippen molar-refractivity contribution >= 4 is 11.9 Å². The highest BCUT2D eigenvalue weighted by Gasteiger charge is 2.20. The summed E-state index contributed by atoms with van der Waals surface area (Å²) in [5.74, 6) is -0.489. The highest BCUT2D eigenvalue weighted by atomic mass is 16.5. The van der Waals surface area contributed by atoms with Crippen LogP contribution in [0.5, 0.6) is 5.75 Å². The van der Waals surface area contributed by atoms with Crippen molar-refractivity contribution in [1.29, 1.82) is 0 Å². The van der Waals surface area contributed by atoms with Crippen molar-refractivity contribution in [2.24, 2.45) is 0 Å². The molecule has 1 aromatic heterocycles. The zero-order valence-corrected chi connectivity index (χ0v) is 18.0. The molecule has 1 fully saturated rings. The summed E-state index contributed by atoms with van der Waals surface area (Å²) in [6.45, 7) is 9.21. The molecule has 1 saturated heterocycles. The Bertz CT molecular complexity index is 910. The Morgan fingerprint density at radius 1 is 1.06 bits per heavy atom. The number of piperazine rings is 1. The Balaban J connectivity index is 1.54. The molecule has 1 aromatic carbocycles. The van der Waals surface area contributed by atoms with Crippen molar-refractivity contribution in [3.63, 3.8) is 0 Å². The number of esters is 1. The van der Waals surface area contributed by atoms with Crippen molar-refractivity contribution in [3.05, 3.63) is 47.8 Å². The number of carbonyl (C=O) groups excluding carboxylic acids is 1. The SMILES string of the molecule is CCOC(=O)CN1CCN(CCOc2cccc(-c3cccnc3C(=O)O)c2C)CC1. The number of rotatable bonds is 9. The summed E-state index contributed by atoms with van der Waals surface area (Å²) in [6, 6.07) is 9.14. The highest BCUT2D eigenvalue weighted by Crippen LogP contribution is 2.31. The van der Waals surface area contributed by atoms with Crippen LogP contribution in [0.2, 0.25) is 0 Å². The van der Waals surface area contributed by atoms with Crippen LogP contribution in [0.15, 0.2) is 36.5 Å². The quantitative estimate of drug-likeness (QED) is 0.610. The van der Waals surface area contributed by atoms with Crippen molar-refractivity contribution in [2.45, 2.75) is 13.8 Å². The van der Waals surface area contributed by atoms with Gasteiger partial charge in [0, 0.05) is 44.5 Å². The van der Waals surface area contributed by atoms with Gasteiger partial charge in [-0.15, -0.1) is 0 Å². The molecule has 166 valence electrons. The average Bonchev–Trinajstić information content (AvgIpc) is 2.76. The number of aromatic carboxylic acids is 1. The normalized spacial score (nSPS) is 14.9. The van der Waals surface area contributed by atoms with Gasteiger partial charge in [0.2, 0.25) is 0 Å². The summed E-state index contributed by atoms with van der Waals surface area (Å²) < 4.78 is 11.0. The summed E-state index contributed by atoms with van der Waals surface area (Å²) in [6.07, 6.45) is 1.48. The second-order valence-corrected chi connectivity index (χ2v) is 7.40. The topological polar surface area (TPSA) is 92.2 Å². The number of carboxylic acids is 1. The molecule has 8 heteroatoms. The van der Waals surface area contributed by atoms with E-state index < -0.39 is 5.97 Å². The molecule has 0 bridgehead atoms. The van der Waals surface area contributed by atoms with Gasteiger partial charge >= 0.3 is 11.9 Å². The summed E-state index contributed by atoms with van der Waals surface area (Å²) in [4.78, 5) is 31.6. The molecule has 31 heavy (non-hydrogen) atoms. The molecule has 1 aliphatic rings. The van der Waals surface area contributed by atoms with Crippen molar-refractivity contribution in [2.75, 3.05) is 52.5 Å². The number of carbonyl (C=O) groups is 2. The van der Waals surface area contributed by atoms with Crippen LogP contribution >= 0.6 is 0 Å². The smallest absolute Gasteiger partial charge is 0.355 e. The zero-order chi connectivity index (χ0) is 22.2. The number of carboxylic acid groups (broad SMARTS) is 1. The first-order chi connectivity index (χ1) is 15.0. The molecule has 3 rings (SSSR count). The van der Waals surface area contributed by atoms with Crippen molar-refractivity contribution in [1.82, 2.24) is 14.8 Å². The van der Waals surface area contributed by atoms with E-state index in [4.69, 9.17) is 9.47 Å². The zero-order valence-electron chi connectivity index (χ0n) is 18.0. The van der Waals surface area contributed by atoms with E-state index >= 15 is 0 Å². The lowest BCUT2D eigenvalue weighted by molar-refractivity contribution is -0.144. The Labute approximate surface area is 182 Å². The minimum Gasteiger partial charge on any atom is -0.492 e. The van der Waals surface area contributed by atoms with E-state index in [0.29, 0.717) is 25.3 Å². The van der Waals surface area contributed by atoms with E-state index in [0.717, 1.165) is 49.6 Å². The predicted molar refractivity (Wildman–Crippen MR) is 116 cm³/mol. The Hall–Kier alpha value is -2.97. The lowest BCUT2D eigenvalue weighted by Gasteiger charge is -2.33. The minimum atomic E-state index is -1.05. The molecule has 8 nitrogen and oxygen atoms in total. The van der Waals surface area contributed by atoms with Crippen LogP contribution in [0.3, 0.4) is 0 Å². The Kier molecular flexibility index (Phi) is 7.97. The van der Waals surface area contributed by atoms with Gasteiger partial charge in [-0.3, -0.25) is 14.6 Å². The molecule has 0 amide bonds. The molecule has 0 aliphatic carbocycles. The third-order valence-corrected chi connectivity index (χ3v) is 5.37. The highest BCUT2D eigenvalue weighted by molar-refractivity contribution is 5.94. The van der Waals surface area contributed by atoms with Gasteiger partial charge in [-0.25, -0.2) is 9.78 Å². The number of benzene rings is 1. The molecule has 0 atom stereocenters. The second-order valence-electron chi connectivity index (χ2n) is 7.40. The predicted octanol–water partition coefficient (Wildman–Crippen LogP) is 2.31. The number of hydrogen-bond donors (Lipinski definition) is 1. The van der Waals surface area contributed by atoms with Gasteiger partial charge in [0.15, 0.2) is 5.69 Å². The first-order valence-electron chi connectivity index (χ1n) is 10.5. The number of nitrogens with zero attached hydrogens (tertiary/aromatic N) is 3. The molecular formula is C23H29N3O5. The van der Waals surface area contributed by atoms with Crippen LogP contribution in [0.25, 0.3) is 11.1 Å². The average molecular weight is 428 g/mol. The van der Waals surface area contributed by atoms with E-state index in [1.807, 2.05) is 32.0 Å². The molecular weight excluding hydrogens is 398 g/mol. The maximum Gasteiger partial charge on any atom is 0.355 e. The number of aromatic nitrogens is 1. The van der Waals surface area contributed by atoms with E-state index in [1.165, 1.54) is 6.20 Å². The molecule has 0 radical (unpaired) electrons. The molecule has 2 heterocycles. The van der Waals surface area contributed by atoms with E-state index in [2.05, 4.69) is 14.8 Å². The van der Waals surface area contributed by atoms with Crippen LogP contribution in [-0.2, 0) is 9.53 Å². The van der Waals surface area contributed by atoms with Gasteiger partial charge in [0.25, 0.3) is 0 Å². The van der Waals surface area contributed by atoms with Gasteiger partial charge < -0.3 is 14.6 Å². The van der Waals surface area contributed by atoms with Crippen LogP contribution in [0.1, 0.15) is 23.0 Å². The third kappa shape index (κ3) is 6.02. The summed E-state index contributed by atoms with van der Waals surface area (Å²) in [7, 11) is 0.